The van der Waals surface area contributed by atoms with Gasteiger partial charge in [-0.1, -0.05) is 38.1 Å². The first kappa shape index (κ1) is 15.6. The van der Waals surface area contributed by atoms with E-state index in [1.165, 1.54) is 23.8 Å². The zero-order valence-electron chi connectivity index (χ0n) is 12.1. The van der Waals surface area contributed by atoms with E-state index in [9.17, 15) is 9.18 Å². The lowest BCUT2D eigenvalue weighted by Crippen LogP contribution is -2.23. The molecule has 1 N–H and O–H groups in total. The summed E-state index contributed by atoms with van der Waals surface area (Å²) in [5.74, 6) is -0.502. The number of carbonyl (C=O) groups excluding carboxylic acids is 1. The lowest BCUT2D eigenvalue weighted by Gasteiger charge is -2.09. The molecule has 21 heavy (non-hydrogen) atoms. The Morgan fingerprint density at radius 3 is 2.48 bits per heavy atom. The van der Waals surface area contributed by atoms with Gasteiger partial charge in [-0.2, -0.15) is 0 Å². The summed E-state index contributed by atoms with van der Waals surface area (Å²) in [6.07, 6.45) is 0. The molecule has 0 saturated carbocycles. The second-order valence-electron chi connectivity index (χ2n) is 5.24. The Morgan fingerprint density at radius 2 is 1.86 bits per heavy atom. The minimum Gasteiger partial charge on any atom is -0.348 e. The number of thiol groups is 1. The van der Waals surface area contributed by atoms with Crippen LogP contribution in [0.1, 0.15) is 41.3 Å². The monoisotopic (exact) mass is 303 g/mol. The van der Waals surface area contributed by atoms with Crippen molar-refractivity contribution in [3.05, 3.63) is 65.0 Å². The van der Waals surface area contributed by atoms with Crippen LogP contribution in [-0.4, -0.2) is 5.91 Å². The molecule has 0 spiro atoms. The molecule has 0 aliphatic carbocycles. The highest BCUT2D eigenvalue weighted by molar-refractivity contribution is 7.80. The van der Waals surface area contributed by atoms with Gasteiger partial charge in [0.1, 0.15) is 5.82 Å². The summed E-state index contributed by atoms with van der Waals surface area (Å²) >= 11 is 4.12. The first-order valence-electron chi connectivity index (χ1n) is 6.83. The van der Waals surface area contributed by atoms with E-state index in [0.717, 1.165) is 5.56 Å². The lowest BCUT2D eigenvalue weighted by atomic mass is 10.0. The number of amides is 1. The molecule has 2 nitrogen and oxygen atoms in total. The molecular formula is C17H18FNOS. The molecule has 4 heteroatoms. The predicted molar refractivity (Wildman–Crippen MR) is 85.4 cm³/mol. The quantitative estimate of drug-likeness (QED) is 0.816. The molecule has 0 unspecified atom stereocenters. The van der Waals surface area contributed by atoms with Gasteiger partial charge >= 0.3 is 0 Å². The van der Waals surface area contributed by atoms with Crippen LogP contribution in [-0.2, 0) is 6.54 Å². The fourth-order valence-corrected chi connectivity index (χ4v) is 2.19. The highest BCUT2D eigenvalue weighted by Gasteiger charge is 2.11. The molecule has 1 amide bonds. The van der Waals surface area contributed by atoms with Crippen LogP contribution in [0.2, 0.25) is 0 Å². The highest BCUT2D eigenvalue weighted by atomic mass is 32.1. The van der Waals surface area contributed by atoms with Crippen LogP contribution in [0.3, 0.4) is 0 Å². The van der Waals surface area contributed by atoms with E-state index in [1.54, 1.807) is 0 Å². The van der Waals surface area contributed by atoms with Crippen molar-refractivity contribution in [2.45, 2.75) is 31.2 Å². The van der Waals surface area contributed by atoms with Crippen LogP contribution >= 0.6 is 12.6 Å². The Hall–Kier alpha value is -1.81. The molecule has 0 heterocycles. The number of halogens is 1. The first-order valence-corrected chi connectivity index (χ1v) is 7.27. The van der Waals surface area contributed by atoms with Crippen LogP contribution in [0.15, 0.2) is 47.4 Å². The van der Waals surface area contributed by atoms with Crippen molar-refractivity contribution in [3.63, 3.8) is 0 Å². The van der Waals surface area contributed by atoms with E-state index in [4.69, 9.17) is 0 Å². The summed E-state index contributed by atoms with van der Waals surface area (Å²) in [4.78, 5) is 12.5. The fourth-order valence-electron chi connectivity index (χ4n) is 1.99. The molecule has 110 valence electrons. The molecule has 0 atom stereocenters. The van der Waals surface area contributed by atoms with Crippen molar-refractivity contribution in [2.75, 3.05) is 0 Å². The average molecular weight is 303 g/mol. The molecular weight excluding hydrogens is 285 g/mol. The van der Waals surface area contributed by atoms with Crippen LogP contribution in [0.4, 0.5) is 4.39 Å². The van der Waals surface area contributed by atoms with E-state index in [1.807, 2.05) is 24.3 Å². The largest absolute Gasteiger partial charge is 0.348 e. The number of hydrogen-bond acceptors (Lipinski definition) is 2. The third-order valence-corrected chi connectivity index (χ3v) is 3.57. The second-order valence-corrected chi connectivity index (χ2v) is 5.76. The smallest absolute Gasteiger partial charge is 0.254 e. The average Bonchev–Trinajstić information content (AvgIpc) is 2.47. The molecule has 2 rings (SSSR count). The van der Waals surface area contributed by atoms with Gasteiger partial charge in [0.2, 0.25) is 0 Å². The van der Waals surface area contributed by atoms with Gasteiger partial charge in [0.25, 0.3) is 5.91 Å². The predicted octanol–water partition coefficient (Wildman–Crippen LogP) is 4.17. The maximum atomic E-state index is 13.6. The number of hydrogen-bond donors (Lipinski definition) is 2. The minimum absolute atomic E-state index is 0.0151. The van der Waals surface area contributed by atoms with Gasteiger partial charge in [-0.25, -0.2) is 4.39 Å². The molecule has 0 aliphatic heterocycles. The van der Waals surface area contributed by atoms with E-state index in [0.29, 0.717) is 17.4 Å². The van der Waals surface area contributed by atoms with Gasteiger partial charge in [0, 0.05) is 11.4 Å². The van der Waals surface area contributed by atoms with Gasteiger partial charge in [-0.15, -0.1) is 12.6 Å². The van der Waals surface area contributed by atoms with Gasteiger partial charge in [0.15, 0.2) is 0 Å². The minimum atomic E-state index is -0.541. The number of rotatable bonds is 4. The van der Waals surface area contributed by atoms with Crippen molar-refractivity contribution >= 4 is 18.5 Å². The van der Waals surface area contributed by atoms with E-state index >= 15 is 0 Å². The van der Waals surface area contributed by atoms with Crippen molar-refractivity contribution in [1.82, 2.24) is 5.32 Å². The van der Waals surface area contributed by atoms with Crippen LogP contribution in [0.5, 0.6) is 0 Å². The number of carbonyl (C=O) groups is 1. The standard InChI is InChI=1S/C17H18FNOS/c1-11(2)13-5-3-12(4-6-13)10-19-17(20)15-9-14(21)7-8-16(15)18/h3-9,11,21H,10H2,1-2H3,(H,19,20). The summed E-state index contributed by atoms with van der Waals surface area (Å²) in [7, 11) is 0. The van der Waals surface area contributed by atoms with Gasteiger partial charge in [-0.05, 0) is 35.2 Å². The van der Waals surface area contributed by atoms with Crippen molar-refractivity contribution in [3.8, 4) is 0 Å². The zero-order chi connectivity index (χ0) is 15.4. The van der Waals surface area contributed by atoms with Gasteiger partial charge in [0.05, 0.1) is 5.56 Å². The molecule has 0 aromatic heterocycles. The van der Waals surface area contributed by atoms with Gasteiger partial charge in [-0.3, -0.25) is 4.79 Å². The normalized spacial score (nSPS) is 10.7. The Kier molecular flexibility index (Phi) is 5.02. The lowest BCUT2D eigenvalue weighted by molar-refractivity contribution is 0.0946. The summed E-state index contributed by atoms with van der Waals surface area (Å²) in [6, 6.07) is 12.2. The zero-order valence-corrected chi connectivity index (χ0v) is 13.0. The first-order chi connectivity index (χ1) is 9.97. The topological polar surface area (TPSA) is 29.1 Å². The van der Waals surface area contributed by atoms with Crippen molar-refractivity contribution in [1.29, 1.82) is 0 Å². The van der Waals surface area contributed by atoms with Crippen LogP contribution in [0.25, 0.3) is 0 Å². The maximum absolute atomic E-state index is 13.6. The fraction of sp³-hybridized carbons (Fsp3) is 0.235. The Labute approximate surface area is 129 Å². The SMILES string of the molecule is CC(C)c1ccc(CNC(=O)c2cc(S)ccc2F)cc1. The highest BCUT2D eigenvalue weighted by Crippen LogP contribution is 2.16. The Bertz CT molecular complexity index is 638. The molecule has 0 aliphatic rings. The number of nitrogens with one attached hydrogen (secondary N) is 1. The van der Waals surface area contributed by atoms with Crippen LogP contribution in [0, 0.1) is 5.82 Å². The van der Waals surface area contributed by atoms with E-state index in [-0.39, 0.29) is 5.56 Å². The third-order valence-electron chi connectivity index (χ3n) is 3.29. The summed E-state index contributed by atoms with van der Waals surface area (Å²) in [5.41, 5.74) is 2.25. The van der Waals surface area contributed by atoms with Crippen LogP contribution < -0.4 is 5.32 Å². The van der Waals surface area contributed by atoms with E-state index in [2.05, 4.69) is 31.8 Å². The molecule has 2 aromatic carbocycles. The Morgan fingerprint density at radius 1 is 1.19 bits per heavy atom. The van der Waals surface area contributed by atoms with Crippen molar-refractivity contribution in [2.24, 2.45) is 0 Å². The molecule has 0 fully saturated rings. The van der Waals surface area contributed by atoms with Crippen molar-refractivity contribution < 1.29 is 9.18 Å². The molecule has 0 saturated heterocycles. The maximum Gasteiger partial charge on any atom is 0.254 e. The molecule has 0 radical (unpaired) electrons. The van der Waals surface area contributed by atoms with Gasteiger partial charge < -0.3 is 5.32 Å². The summed E-state index contributed by atoms with van der Waals surface area (Å²) < 4.78 is 13.6. The molecule has 0 bridgehead atoms. The molecule has 2 aromatic rings. The van der Waals surface area contributed by atoms with E-state index < -0.39 is 11.7 Å². The summed E-state index contributed by atoms with van der Waals surface area (Å²) in [5, 5.41) is 2.72. The second kappa shape index (κ2) is 6.76. The Balaban J connectivity index is 2.02. The summed E-state index contributed by atoms with van der Waals surface area (Å²) in [6.45, 7) is 4.63. The number of benzene rings is 2. The third kappa shape index (κ3) is 4.08.